The van der Waals surface area contributed by atoms with Crippen molar-refractivity contribution in [2.45, 2.75) is 103 Å². The first kappa shape index (κ1) is 17.3. The van der Waals surface area contributed by atoms with Crippen molar-refractivity contribution in [2.75, 3.05) is 0 Å². The molecule has 1 radical (unpaired) electrons. The summed E-state index contributed by atoms with van der Waals surface area (Å²) < 4.78 is 0. The van der Waals surface area contributed by atoms with Crippen LogP contribution in [0.15, 0.2) is 22.8 Å². The highest BCUT2D eigenvalue weighted by atomic mass is 31.1. The van der Waals surface area contributed by atoms with Crippen LogP contribution in [0.2, 0.25) is 0 Å². The molecule has 2 aliphatic rings. The van der Waals surface area contributed by atoms with Crippen LogP contribution in [0.3, 0.4) is 0 Å². The molecule has 0 saturated carbocycles. The molecule has 0 aromatic heterocycles. The third kappa shape index (κ3) is 8.20. The number of rotatable bonds is 2. The van der Waals surface area contributed by atoms with Gasteiger partial charge < -0.3 is 0 Å². The topological polar surface area (TPSA) is 0 Å². The predicted octanol–water partition coefficient (Wildman–Crippen LogP) is 7.97. The molecular weight excluding hydrogens is 271 g/mol. The zero-order valence-corrected chi connectivity index (χ0v) is 14.8. The third-order valence-electron chi connectivity index (χ3n) is 4.82. The van der Waals surface area contributed by atoms with Gasteiger partial charge in [0.1, 0.15) is 0 Å². The van der Waals surface area contributed by atoms with E-state index in [1.807, 2.05) is 0 Å². The summed E-state index contributed by atoms with van der Waals surface area (Å²) >= 11 is 0. The van der Waals surface area contributed by atoms with E-state index in [-0.39, 0.29) is 0 Å². The summed E-state index contributed by atoms with van der Waals surface area (Å²) in [6.45, 7) is 0. The predicted molar refractivity (Wildman–Crippen MR) is 97.0 cm³/mol. The molecule has 0 saturated heterocycles. The Bertz CT molecular complexity index is 295. The van der Waals surface area contributed by atoms with E-state index < -0.39 is 0 Å². The number of hydrogen-bond donors (Lipinski definition) is 0. The standard InChI is InChI=1S/C20H34P/c1-3-7-11-15-19(16-12-8-4-1)21-20-17-13-9-5-2-6-10-14-18-20/h15,17H,1-14,16,18H2/b19-15+,20-17+. The van der Waals surface area contributed by atoms with Crippen LogP contribution >= 0.6 is 8.58 Å². The van der Waals surface area contributed by atoms with Gasteiger partial charge in [-0.3, -0.25) is 0 Å². The number of hydrogen-bond acceptors (Lipinski definition) is 0. The van der Waals surface area contributed by atoms with E-state index in [2.05, 4.69) is 12.2 Å². The minimum absolute atomic E-state index is 1.33. The first-order valence-corrected chi connectivity index (χ1v) is 10.4. The second-order valence-corrected chi connectivity index (χ2v) is 8.20. The molecule has 0 heterocycles. The van der Waals surface area contributed by atoms with Crippen molar-refractivity contribution in [3.63, 3.8) is 0 Å². The molecule has 0 spiro atoms. The fraction of sp³-hybridized carbons (Fsp3) is 0.800. The molecule has 0 aliphatic heterocycles. The van der Waals surface area contributed by atoms with Gasteiger partial charge in [0.2, 0.25) is 0 Å². The molecule has 21 heavy (non-hydrogen) atoms. The maximum Gasteiger partial charge on any atom is -0.0196 e. The molecule has 2 rings (SSSR count). The minimum atomic E-state index is 1.33. The lowest BCUT2D eigenvalue weighted by atomic mass is 10.0. The van der Waals surface area contributed by atoms with E-state index in [0.29, 0.717) is 0 Å². The average molecular weight is 305 g/mol. The van der Waals surface area contributed by atoms with Crippen LogP contribution in [0.1, 0.15) is 103 Å². The summed E-state index contributed by atoms with van der Waals surface area (Å²) in [5.41, 5.74) is 0. The molecule has 0 unspecified atom stereocenters. The SMILES string of the molecule is C1=C(/[P]/C2=C/CCCCCCCC2)CCCCCCCC/1. The fourth-order valence-corrected chi connectivity index (χ4v) is 4.79. The average Bonchev–Trinajstić information content (AvgIpc) is 2.52. The van der Waals surface area contributed by atoms with Gasteiger partial charge in [0.15, 0.2) is 0 Å². The first-order chi connectivity index (χ1) is 10.4. The van der Waals surface area contributed by atoms with Crippen LogP contribution in [0.5, 0.6) is 0 Å². The van der Waals surface area contributed by atoms with E-state index in [1.54, 1.807) is 19.2 Å². The monoisotopic (exact) mass is 305 g/mol. The normalized spacial score (nSPS) is 28.8. The van der Waals surface area contributed by atoms with Crippen LogP contribution in [0.4, 0.5) is 0 Å². The molecule has 119 valence electrons. The van der Waals surface area contributed by atoms with E-state index >= 15 is 0 Å². The van der Waals surface area contributed by atoms with Crippen molar-refractivity contribution in [2.24, 2.45) is 0 Å². The van der Waals surface area contributed by atoms with Crippen molar-refractivity contribution in [1.29, 1.82) is 0 Å². The highest BCUT2D eigenvalue weighted by Crippen LogP contribution is 2.40. The highest BCUT2D eigenvalue weighted by molar-refractivity contribution is 7.47. The Balaban J connectivity index is 1.87. The fourth-order valence-electron chi connectivity index (χ4n) is 3.44. The summed E-state index contributed by atoms with van der Waals surface area (Å²) in [5.74, 6) is 0. The Morgan fingerprint density at radius 1 is 0.476 bits per heavy atom. The molecule has 0 atom stereocenters. The zero-order valence-electron chi connectivity index (χ0n) is 13.9. The molecule has 0 aromatic rings. The van der Waals surface area contributed by atoms with Crippen molar-refractivity contribution in [1.82, 2.24) is 0 Å². The van der Waals surface area contributed by atoms with Crippen LogP contribution in [-0.4, -0.2) is 0 Å². The highest BCUT2D eigenvalue weighted by Gasteiger charge is 2.07. The molecular formula is C20H34P. The smallest absolute Gasteiger partial charge is 0.0196 e. The van der Waals surface area contributed by atoms with Crippen molar-refractivity contribution in [3.8, 4) is 0 Å². The van der Waals surface area contributed by atoms with E-state index in [9.17, 15) is 0 Å². The lowest BCUT2D eigenvalue weighted by Crippen LogP contribution is -1.89. The van der Waals surface area contributed by atoms with Gasteiger partial charge in [-0.05, 0) is 70.6 Å². The van der Waals surface area contributed by atoms with Gasteiger partial charge in [-0.25, -0.2) is 0 Å². The van der Waals surface area contributed by atoms with Gasteiger partial charge in [-0.15, -0.1) is 0 Å². The summed E-state index contributed by atoms with van der Waals surface area (Å²) in [6.07, 6.45) is 27.9. The molecule has 0 fully saturated rings. The van der Waals surface area contributed by atoms with E-state index in [0.717, 1.165) is 0 Å². The van der Waals surface area contributed by atoms with Crippen molar-refractivity contribution >= 4 is 8.58 Å². The molecule has 0 amide bonds. The lowest BCUT2D eigenvalue weighted by Gasteiger charge is -2.14. The van der Waals surface area contributed by atoms with Crippen LogP contribution in [0, 0.1) is 0 Å². The Hall–Kier alpha value is -0.0900. The van der Waals surface area contributed by atoms with Crippen LogP contribution in [0.25, 0.3) is 0 Å². The van der Waals surface area contributed by atoms with Gasteiger partial charge >= 0.3 is 0 Å². The minimum Gasteiger partial charge on any atom is -0.0802 e. The molecule has 0 aromatic carbocycles. The molecule has 0 nitrogen and oxygen atoms in total. The molecule has 0 N–H and O–H groups in total. The molecule has 2 aliphatic carbocycles. The Morgan fingerprint density at radius 2 is 0.857 bits per heavy atom. The lowest BCUT2D eigenvalue weighted by molar-refractivity contribution is 0.589. The first-order valence-electron chi connectivity index (χ1n) is 9.55. The second-order valence-electron chi connectivity index (χ2n) is 6.82. The Morgan fingerprint density at radius 3 is 1.33 bits per heavy atom. The number of allylic oxidation sites excluding steroid dienone is 4. The van der Waals surface area contributed by atoms with Crippen LogP contribution < -0.4 is 0 Å². The van der Waals surface area contributed by atoms with Gasteiger partial charge in [0, 0.05) is 0 Å². The zero-order chi connectivity index (χ0) is 14.6. The van der Waals surface area contributed by atoms with E-state index in [4.69, 9.17) is 0 Å². The third-order valence-corrected chi connectivity index (χ3v) is 6.21. The maximum atomic E-state index is 2.59. The van der Waals surface area contributed by atoms with Crippen molar-refractivity contribution < 1.29 is 0 Å². The molecule has 1 heteroatoms. The summed E-state index contributed by atoms with van der Waals surface area (Å²) in [6, 6.07) is 0. The Kier molecular flexibility index (Phi) is 9.43. The van der Waals surface area contributed by atoms with Gasteiger partial charge in [-0.2, -0.15) is 0 Å². The van der Waals surface area contributed by atoms with Crippen molar-refractivity contribution in [3.05, 3.63) is 22.8 Å². The summed E-state index contributed by atoms with van der Waals surface area (Å²) in [7, 11) is 1.58. The molecule has 0 bridgehead atoms. The van der Waals surface area contributed by atoms with Gasteiger partial charge in [-0.1, -0.05) is 63.5 Å². The largest absolute Gasteiger partial charge is 0.0802 e. The Labute approximate surface area is 134 Å². The maximum absolute atomic E-state index is 2.59. The summed E-state index contributed by atoms with van der Waals surface area (Å²) in [5, 5.41) is 3.47. The quantitative estimate of drug-likeness (QED) is 0.454. The second kappa shape index (κ2) is 11.5. The summed E-state index contributed by atoms with van der Waals surface area (Å²) in [4.78, 5) is 0. The van der Waals surface area contributed by atoms with E-state index in [1.165, 1.54) is 103 Å². The van der Waals surface area contributed by atoms with Gasteiger partial charge in [0.05, 0.1) is 0 Å². The van der Waals surface area contributed by atoms with Crippen LogP contribution in [-0.2, 0) is 0 Å². The van der Waals surface area contributed by atoms with Gasteiger partial charge in [0.25, 0.3) is 0 Å².